The highest BCUT2D eigenvalue weighted by Crippen LogP contribution is 2.34. The molecule has 1 aliphatic rings. The van der Waals surface area contributed by atoms with E-state index in [4.69, 9.17) is 0 Å². The highest BCUT2D eigenvalue weighted by Gasteiger charge is 2.35. The average molecular weight is 547 g/mol. The highest BCUT2D eigenvalue weighted by atomic mass is 32.2. The first-order valence-corrected chi connectivity index (χ1v) is 13.2. The molecule has 1 amide bonds. The largest absolute Gasteiger partial charge is 0.421 e. The summed E-state index contributed by atoms with van der Waals surface area (Å²) in [6.45, 7) is 1.77. The average Bonchev–Trinajstić information content (AvgIpc) is 2.92. The summed E-state index contributed by atoms with van der Waals surface area (Å²) in [5, 5.41) is 12.0. The number of aromatic nitrogens is 3. The molecule has 0 saturated carbocycles. The number of nitrogens with one attached hydrogen (secondary N) is 4. The number of anilines is 4. The summed E-state index contributed by atoms with van der Waals surface area (Å²) < 4.78 is 43.0. The summed E-state index contributed by atoms with van der Waals surface area (Å²) in [6.07, 6.45) is 1.30. The van der Waals surface area contributed by atoms with E-state index in [1.54, 1.807) is 42.6 Å². The zero-order valence-electron chi connectivity index (χ0n) is 21.0. The van der Waals surface area contributed by atoms with E-state index in [2.05, 4.69) is 36.2 Å². The number of piperidine rings is 1. The van der Waals surface area contributed by atoms with E-state index >= 15 is 0 Å². The van der Waals surface area contributed by atoms with Gasteiger partial charge in [-0.2, -0.15) is 18.2 Å². The number of hydrogen-bond donors (Lipinski definition) is 4. The maximum Gasteiger partial charge on any atom is 0.421 e. The molecule has 9 nitrogen and oxygen atoms in total. The summed E-state index contributed by atoms with van der Waals surface area (Å²) in [5.74, 6) is 0.0206. The van der Waals surface area contributed by atoms with Crippen LogP contribution in [0.15, 0.2) is 48.8 Å². The first-order chi connectivity index (χ1) is 18.2. The maximum absolute atomic E-state index is 13.7. The molecule has 0 atom stereocenters. The van der Waals surface area contributed by atoms with E-state index in [0.717, 1.165) is 32.1 Å². The van der Waals surface area contributed by atoms with Gasteiger partial charge >= 0.3 is 6.18 Å². The van der Waals surface area contributed by atoms with Gasteiger partial charge in [0.1, 0.15) is 17.2 Å². The van der Waals surface area contributed by atoms with Crippen molar-refractivity contribution in [2.45, 2.75) is 31.6 Å². The fourth-order valence-electron chi connectivity index (χ4n) is 4.00. The Morgan fingerprint density at radius 3 is 2.71 bits per heavy atom. The highest BCUT2D eigenvalue weighted by molar-refractivity contribution is 7.99. The summed E-state index contributed by atoms with van der Waals surface area (Å²) in [5.41, 5.74) is 0.630. The maximum atomic E-state index is 13.7. The van der Waals surface area contributed by atoms with Gasteiger partial charge in [-0.15, -0.1) is 0 Å². The second kappa shape index (κ2) is 12.3. The number of alkyl halides is 3. The Morgan fingerprint density at radius 1 is 1.18 bits per heavy atom. The zero-order chi connectivity index (χ0) is 27.1. The topological polar surface area (TPSA) is 107 Å². The lowest BCUT2D eigenvalue weighted by molar-refractivity contribution is -0.137. The molecule has 38 heavy (non-hydrogen) atoms. The van der Waals surface area contributed by atoms with Crippen LogP contribution in [-0.2, 0) is 12.7 Å². The van der Waals surface area contributed by atoms with Gasteiger partial charge in [-0.25, -0.2) is 9.97 Å². The van der Waals surface area contributed by atoms with Crippen LogP contribution >= 0.6 is 11.9 Å². The van der Waals surface area contributed by atoms with E-state index in [1.807, 2.05) is 17.6 Å². The van der Waals surface area contributed by atoms with E-state index in [-0.39, 0.29) is 30.3 Å². The fourth-order valence-corrected chi connectivity index (χ4v) is 4.34. The van der Waals surface area contributed by atoms with Crippen molar-refractivity contribution in [3.63, 3.8) is 0 Å². The lowest BCUT2D eigenvalue weighted by atomic mass is 10.1. The van der Waals surface area contributed by atoms with Crippen molar-refractivity contribution in [3.8, 4) is 0 Å². The molecule has 0 radical (unpaired) electrons. The van der Waals surface area contributed by atoms with Crippen LogP contribution in [0.4, 0.5) is 36.4 Å². The van der Waals surface area contributed by atoms with Crippen LogP contribution in [-0.4, -0.2) is 53.3 Å². The van der Waals surface area contributed by atoms with E-state index in [0.29, 0.717) is 22.6 Å². The molecule has 1 fully saturated rings. The van der Waals surface area contributed by atoms with Crippen LogP contribution in [0.1, 0.15) is 34.3 Å². The lowest BCUT2D eigenvalue weighted by Gasteiger charge is -2.23. The van der Waals surface area contributed by atoms with Crippen molar-refractivity contribution in [3.05, 3.63) is 65.5 Å². The zero-order valence-corrected chi connectivity index (χ0v) is 21.8. The standard InChI is InChI=1S/C25H29F3N8OS/c1-36(38-2)22-17(6-4-10-30-22)14-31-21-20(25(26,27)28)15-32-24(35-21)34-19-7-3-5-16(13-19)23(37)33-18-8-11-29-12-9-18/h3-7,10,13,15,18,29H,8-9,11-12,14H2,1-2H3,(H,33,37)(H2,31,32,34,35). The Hall–Kier alpha value is -3.58. The number of hydrogen-bond acceptors (Lipinski definition) is 9. The Kier molecular flexibility index (Phi) is 8.89. The van der Waals surface area contributed by atoms with Crippen LogP contribution < -0.4 is 25.6 Å². The molecular formula is C25H29F3N8OS. The number of benzene rings is 1. The van der Waals surface area contributed by atoms with Crippen molar-refractivity contribution in [1.29, 1.82) is 0 Å². The Balaban J connectivity index is 1.52. The van der Waals surface area contributed by atoms with Gasteiger partial charge in [-0.05, 0) is 50.2 Å². The van der Waals surface area contributed by atoms with E-state index in [9.17, 15) is 18.0 Å². The second-order valence-electron chi connectivity index (χ2n) is 8.68. The molecule has 202 valence electrons. The van der Waals surface area contributed by atoms with Crippen LogP contribution in [0, 0.1) is 0 Å². The number of halogens is 3. The summed E-state index contributed by atoms with van der Waals surface area (Å²) in [7, 11) is 1.82. The van der Waals surface area contributed by atoms with E-state index < -0.39 is 11.7 Å². The van der Waals surface area contributed by atoms with Crippen LogP contribution in [0.25, 0.3) is 0 Å². The monoisotopic (exact) mass is 546 g/mol. The molecule has 4 rings (SSSR count). The molecular weight excluding hydrogens is 517 g/mol. The van der Waals surface area contributed by atoms with Gasteiger partial charge in [0.15, 0.2) is 0 Å². The molecule has 2 aromatic heterocycles. The minimum Gasteiger partial charge on any atom is -0.365 e. The molecule has 3 aromatic rings. The number of amides is 1. The van der Waals surface area contributed by atoms with Gasteiger partial charge in [0.2, 0.25) is 5.95 Å². The third-order valence-electron chi connectivity index (χ3n) is 6.04. The minimum atomic E-state index is -4.65. The molecule has 13 heteroatoms. The third kappa shape index (κ3) is 7.04. The molecule has 4 N–H and O–H groups in total. The Morgan fingerprint density at radius 2 is 1.97 bits per heavy atom. The van der Waals surface area contributed by atoms with Crippen molar-refractivity contribution in [2.24, 2.45) is 0 Å². The second-order valence-corrected chi connectivity index (χ2v) is 9.59. The molecule has 3 heterocycles. The Bertz CT molecular complexity index is 1250. The van der Waals surface area contributed by atoms with Gasteiger partial charge in [0, 0.05) is 55.1 Å². The number of carbonyl (C=O) groups is 1. The van der Waals surface area contributed by atoms with Crippen molar-refractivity contribution >= 4 is 41.1 Å². The third-order valence-corrected chi connectivity index (χ3v) is 6.76. The van der Waals surface area contributed by atoms with Gasteiger partial charge in [-0.1, -0.05) is 24.1 Å². The van der Waals surface area contributed by atoms with Gasteiger partial charge in [0.25, 0.3) is 5.91 Å². The summed E-state index contributed by atoms with van der Waals surface area (Å²) in [6, 6.07) is 10.3. The SMILES string of the molecule is CSN(C)c1ncccc1CNc1nc(Nc2cccc(C(=O)NC3CCNCC3)c2)ncc1C(F)(F)F. The van der Waals surface area contributed by atoms with Crippen LogP contribution in [0.5, 0.6) is 0 Å². The summed E-state index contributed by atoms with van der Waals surface area (Å²) in [4.78, 5) is 25.0. The molecule has 0 spiro atoms. The predicted octanol–water partition coefficient (Wildman–Crippen LogP) is 4.44. The van der Waals surface area contributed by atoms with Crippen LogP contribution in [0.3, 0.4) is 0 Å². The molecule has 1 saturated heterocycles. The molecule has 0 aliphatic carbocycles. The number of rotatable bonds is 9. The molecule has 0 bridgehead atoms. The van der Waals surface area contributed by atoms with Crippen LogP contribution in [0.2, 0.25) is 0 Å². The van der Waals surface area contributed by atoms with Crippen molar-refractivity contribution in [2.75, 3.05) is 41.3 Å². The normalized spacial score (nSPS) is 14.1. The number of nitrogens with zero attached hydrogens (tertiary/aromatic N) is 4. The molecule has 1 aromatic carbocycles. The number of pyridine rings is 1. The first kappa shape index (κ1) is 27.5. The Labute approximate surface area is 223 Å². The lowest BCUT2D eigenvalue weighted by Crippen LogP contribution is -2.42. The summed E-state index contributed by atoms with van der Waals surface area (Å²) >= 11 is 1.43. The minimum absolute atomic E-state index is 0.0379. The first-order valence-electron chi connectivity index (χ1n) is 12.0. The smallest absolute Gasteiger partial charge is 0.365 e. The molecule has 1 aliphatic heterocycles. The molecule has 0 unspecified atom stereocenters. The fraction of sp³-hybridized carbons (Fsp3) is 0.360. The quantitative estimate of drug-likeness (QED) is 0.290. The predicted molar refractivity (Wildman–Crippen MR) is 144 cm³/mol. The van der Waals surface area contributed by atoms with E-state index in [1.165, 1.54) is 11.9 Å². The van der Waals surface area contributed by atoms with Crippen molar-refractivity contribution in [1.82, 2.24) is 25.6 Å². The van der Waals surface area contributed by atoms with Gasteiger partial charge in [-0.3, -0.25) is 4.79 Å². The van der Waals surface area contributed by atoms with Crippen molar-refractivity contribution < 1.29 is 18.0 Å². The van der Waals surface area contributed by atoms with Gasteiger partial charge in [0.05, 0.1) is 0 Å². The van der Waals surface area contributed by atoms with Gasteiger partial charge < -0.3 is 25.6 Å². The number of carbonyl (C=O) groups excluding carboxylic acids is 1.